The lowest BCUT2D eigenvalue weighted by atomic mass is 10.2. The minimum atomic E-state index is -0.454. The van der Waals surface area contributed by atoms with Gasteiger partial charge in [-0.05, 0) is 31.0 Å². The Morgan fingerprint density at radius 3 is 3.04 bits per heavy atom. The van der Waals surface area contributed by atoms with Crippen molar-refractivity contribution in [2.45, 2.75) is 31.8 Å². The van der Waals surface area contributed by atoms with Crippen molar-refractivity contribution in [3.05, 3.63) is 48.0 Å². The molecule has 1 aliphatic rings. The van der Waals surface area contributed by atoms with Crippen LogP contribution in [0.4, 0.5) is 5.69 Å². The van der Waals surface area contributed by atoms with Crippen molar-refractivity contribution in [3.8, 4) is 0 Å². The molecule has 1 atom stereocenters. The third kappa shape index (κ3) is 3.94. The van der Waals surface area contributed by atoms with E-state index in [2.05, 4.69) is 10.3 Å². The number of hydrogen-bond donors (Lipinski definition) is 1. The molecule has 3 rings (SSSR count). The Kier molecular flexibility index (Phi) is 5.15. The number of carbonyl (C=O) groups excluding carboxylic acids is 2. The van der Waals surface area contributed by atoms with Gasteiger partial charge in [-0.25, -0.2) is 4.98 Å². The van der Waals surface area contributed by atoms with E-state index in [4.69, 9.17) is 11.6 Å². The van der Waals surface area contributed by atoms with Crippen molar-refractivity contribution in [3.63, 3.8) is 0 Å². The topological polar surface area (TPSA) is 67.2 Å². The first kappa shape index (κ1) is 16.5. The summed E-state index contributed by atoms with van der Waals surface area (Å²) in [5, 5.41) is 3.43. The van der Waals surface area contributed by atoms with Crippen molar-refractivity contribution in [2.75, 3.05) is 11.4 Å². The molecule has 1 N–H and O–H groups in total. The van der Waals surface area contributed by atoms with Gasteiger partial charge in [0.25, 0.3) is 0 Å². The average molecular weight is 347 g/mol. The largest absolute Gasteiger partial charge is 0.344 e. The molecule has 2 amide bonds. The van der Waals surface area contributed by atoms with Gasteiger partial charge in [0.15, 0.2) is 0 Å². The third-order valence-electron chi connectivity index (χ3n) is 4.04. The van der Waals surface area contributed by atoms with Crippen LogP contribution in [0.15, 0.2) is 43.0 Å². The molecule has 2 heterocycles. The first-order valence-electron chi connectivity index (χ1n) is 7.95. The Morgan fingerprint density at radius 2 is 2.29 bits per heavy atom. The van der Waals surface area contributed by atoms with Crippen molar-refractivity contribution >= 4 is 29.1 Å². The summed E-state index contributed by atoms with van der Waals surface area (Å²) in [7, 11) is 0. The average Bonchev–Trinajstić information content (AvgIpc) is 3.18. The van der Waals surface area contributed by atoms with E-state index in [0.29, 0.717) is 30.8 Å². The number of aryl methyl sites for hydroxylation is 1. The maximum absolute atomic E-state index is 12.5. The molecule has 0 bridgehead atoms. The standard InChI is InChI=1S/C17H19ClN4O2/c18-13-3-1-4-14(11-13)22-9-6-15(17(22)24)20-16(23)5-2-8-21-10-7-19-12-21/h1,3-4,7,10-12,15H,2,5-6,8-9H2,(H,20,23). The summed E-state index contributed by atoms with van der Waals surface area (Å²) in [5.41, 5.74) is 0.768. The Morgan fingerprint density at radius 1 is 1.42 bits per heavy atom. The minimum Gasteiger partial charge on any atom is -0.344 e. The number of hydrogen-bond acceptors (Lipinski definition) is 3. The molecule has 0 radical (unpaired) electrons. The molecule has 1 fully saturated rings. The summed E-state index contributed by atoms with van der Waals surface area (Å²) in [5.74, 6) is -0.179. The normalized spacial score (nSPS) is 17.3. The summed E-state index contributed by atoms with van der Waals surface area (Å²) in [6, 6.07) is 6.73. The lowest BCUT2D eigenvalue weighted by Crippen LogP contribution is -2.41. The van der Waals surface area contributed by atoms with Crippen LogP contribution in [0.1, 0.15) is 19.3 Å². The summed E-state index contributed by atoms with van der Waals surface area (Å²) >= 11 is 5.98. The molecule has 1 aliphatic heterocycles. The molecule has 0 aliphatic carbocycles. The second-order valence-electron chi connectivity index (χ2n) is 5.78. The second-order valence-corrected chi connectivity index (χ2v) is 6.22. The number of imidazole rings is 1. The Hall–Kier alpha value is -2.34. The fourth-order valence-corrected chi connectivity index (χ4v) is 3.01. The molecule has 1 aromatic carbocycles. The molecule has 0 spiro atoms. The maximum atomic E-state index is 12.5. The molecule has 2 aromatic rings. The van der Waals surface area contributed by atoms with E-state index in [1.807, 2.05) is 22.9 Å². The molecule has 126 valence electrons. The fourth-order valence-electron chi connectivity index (χ4n) is 2.82. The van der Waals surface area contributed by atoms with Gasteiger partial charge in [-0.2, -0.15) is 0 Å². The van der Waals surface area contributed by atoms with E-state index < -0.39 is 6.04 Å². The number of nitrogens with zero attached hydrogens (tertiary/aromatic N) is 3. The van der Waals surface area contributed by atoms with Gasteiger partial charge in [-0.1, -0.05) is 17.7 Å². The van der Waals surface area contributed by atoms with Crippen LogP contribution in [0, 0.1) is 0 Å². The molecule has 1 aromatic heterocycles. The van der Waals surface area contributed by atoms with Crippen molar-refractivity contribution < 1.29 is 9.59 Å². The quantitative estimate of drug-likeness (QED) is 0.872. The van der Waals surface area contributed by atoms with Crippen molar-refractivity contribution in [2.24, 2.45) is 0 Å². The molecular formula is C17H19ClN4O2. The number of aromatic nitrogens is 2. The monoisotopic (exact) mass is 346 g/mol. The number of halogens is 1. The highest BCUT2D eigenvalue weighted by molar-refractivity contribution is 6.31. The molecule has 7 heteroatoms. The van der Waals surface area contributed by atoms with Gasteiger partial charge >= 0.3 is 0 Å². The summed E-state index contributed by atoms with van der Waals surface area (Å²) in [4.78, 5) is 30.1. The number of carbonyl (C=O) groups is 2. The van der Waals surface area contributed by atoms with E-state index in [9.17, 15) is 9.59 Å². The summed E-state index contributed by atoms with van der Waals surface area (Å²) in [6.45, 7) is 1.32. The number of amides is 2. The zero-order valence-corrected chi connectivity index (χ0v) is 13.9. The van der Waals surface area contributed by atoms with Crippen LogP contribution >= 0.6 is 11.6 Å². The van der Waals surface area contributed by atoms with Crippen molar-refractivity contribution in [1.29, 1.82) is 0 Å². The smallest absolute Gasteiger partial charge is 0.249 e. The SMILES string of the molecule is O=C(CCCn1ccnc1)NC1CCN(c2cccc(Cl)c2)C1=O. The van der Waals surface area contributed by atoms with Gasteiger partial charge < -0.3 is 14.8 Å². The van der Waals surface area contributed by atoms with E-state index >= 15 is 0 Å². The number of rotatable bonds is 6. The molecule has 24 heavy (non-hydrogen) atoms. The molecule has 1 saturated heterocycles. The fraction of sp³-hybridized carbons (Fsp3) is 0.353. The van der Waals surface area contributed by atoms with E-state index in [1.54, 1.807) is 29.6 Å². The first-order valence-corrected chi connectivity index (χ1v) is 8.33. The third-order valence-corrected chi connectivity index (χ3v) is 4.28. The summed E-state index contributed by atoms with van der Waals surface area (Å²) < 4.78 is 1.93. The van der Waals surface area contributed by atoms with Crippen LogP contribution in [0.5, 0.6) is 0 Å². The minimum absolute atomic E-state index is 0.0831. The highest BCUT2D eigenvalue weighted by Gasteiger charge is 2.33. The van der Waals surface area contributed by atoms with Gasteiger partial charge in [-0.15, -0.1) is 0 Å². The van der Waals surface area contributed by atoms with Crippen LogP contribution in [0.3, 0.4) is 0 Å². The van der Waals surface area contributed by atoms with Crippen LogP contribution < -0.4 is 10.2 Å². The first-order chi connectivity index (χ1) is 11.6. The summed E-state index contributed by atoms with van der Waals surface area (Å²) in [6.07, 6.45) is 7.00. The predicted octanol–water partition coefficient (Wildman–Crippen LogP) is 2.24. The van der Waals surface area contributed by atoms with Gasteiger partial charge in [0.2, 0.25) is 11.8 Å². The van der Waals surface area contributed by atoms with E-state index in [1.165, 1.54) is 0 Å². The molecule has 1 unspecified atom stereocenters. The van der Waals surface area contributed by atoms with E-state index in [0.717, 1.165) is 12.2 Å². The maximum Gasteiger partial charge on any atom is 0.249 e. The predicted molar refractivity (Wildman–Crippen MR) is 91.8 cm³/mol. The molecular weight excluding hydrogens is 328 g/mol. The van der Waals surface area contributed by atoms with Gasteiger partial charge in [0.1, 0.15) is 6.04 Å². The molecule has 0 saturated carbocycles. The Labute approximate surface area is 145 Å². The van der Waals surface area contributed by atoms with Crippen LogP contribution in [0.25, 0.3) is 0 Å². The Bertz CT molecular complexity index is 717. The van der Waals surface area contributed by atoms with Crippen molar-refractivity contribution in [1.82, 2.24) is 14.9 Å². The second kappa shape index (κ2) is 7.49. The van der Waals surface area contributed by atoms with Gasteiger partial charge in [-0.3, -0.25) is 9.59 Å². The van der Waals surface area contributed by atoms with Crippen LogP contribution in [-0.4, -0.2) is 34.0 Å². The zero-order valence-electron chi connectivity index (χ0n) is 13.2. The van der Waals surface area contributed by atoms with Crippen LogP contribution in [0.2, 0.25) is 5.02 Å². The number of anilines is 1. The highest BCUT2D eigenvalue weighted by Crippen LogP contribution is 2.24. The van der Waals surface area contributed by atoms with E-state index in [-0.39, 0.29) is 11.8 Å². The number of benzene rings is 1. The number of nitrogens with one attached hydrogen (secondary N) is 1. The zero-order chi connectivity index (χ0) is 16.9. The lowest BCUT2D eigenvalue weighted by molar-refractivity contribution is -0.126. The van der Waals surface area contributed by atoms with Gasteiger partial charge in [0.05, 0.1) is 6.33 Å². The van der Waals surface area contributed by atoms with Crippen LogP contribution in [-0.2, 0) is 16.1 Å². The Balaban J connectivity index is 1.49. The highest BCUT2D eigenvalue weighted by atomic mass is 35.5. The molecule has 6 nitrogen and oxygen atoms in total. The lowest BCUT2D eigenvalue weighted by Gasteiger charge is -2.17. The van der Waals surface area contributed by atoms with Gasteiger partial charge in [0, 0.05) is 42.6 Å².